The molecule has 1 heterocycles. The van der Waals surface area contributed by atoms with Gasteiger partial charge in [-0.15, -0.1) is 0 Å². The van der Waals surface area contributed by atoms with Crippen LogP contribution in [0.1, 0.15) is 36.3 Å². The molecular formula is C22H20F3N3O4. The van der Waals surface area contributed by atoms with Gasteiger partial charge in [-0.25, -0.2) is 9.48 Å². The van der Waals surface area contributed by atoms with Crippen LogP contribution in [0.3, 0.4) is 0 Å². The first kappa shape index (κ1) is 23.0. The molecule has 168 valence electrons. The minimum Gasteiger partial charge on any atom is -0.448 e. The molecule has 0 aliphatic rings. The predicted molar refractivity (Wildman–Crippen MR) is 111 cm³/mol. The van der Waals surface area contributed by atoms with Crippen molar-refractivity contribution in [3.63, 3.8) is 0 Å². The number of carbonyl (C=O) groups excluding carboxylic acids is 2. The van der Waals surface area contributed by atoms with Gasteiger partial charge in [-0.3, -0.25) is 9.59 Å². The van der Waals surface area contributed by atoms with E-state index in [1.807, 2.05) is 6.92 Å². The van der Waals surface area contributed by atoms with E-state index in [-0.39, 0.29) is 34.3 Å². The van der Waals surface area contributed by atoms with E-state index in [0.29, 0.717) is 6.42 Å². The van der Waals surface area contributed by atoms with Crippen LogP contribution in [0.5, 0.6) is 0 Å². The molecule has 1 N–H and O–H groups in total. The van der Waals surface area contributed by atoms with E-state index in [1.54, 1.807) is 24.3 Å². The number of nitrogens with zero attached hydrogens (tertiary/aromatic N) is 2. The van der Waals surface area contributed by atoms with Gasteiger partial charge in [-0.2, -0.15) is 18.3 Å². The van der Waals surface area contributed by atoms with Gasteiger partial charge in [0.05, 0.1) is 10.9 Å². The lowest BCUT2D eigenvalue weighted by atomic mass is 10.1. The fourth-order valence-corrected chi connectivity index (χ4v) is 3.04. The molecule has 1 amide bonds. The lowest BCUT2D eigenvalue weighted by Crippen LogP contribution is -2.32. The molecule has 0 bridgehead atoms. The van der Waals surface area contributed by atoms with Gasteiger partial charge in [0.25, 0.3) is 11.5 Å². The van der Waals surface area contributed by atoms with Gasteiger partial charge in [0.2, 0.25) is 0 Å². The second kappa shape index (κ2) is 9.21. The largest absolute Gasteiger partial charge is 0.448 e. The smallest absolute Gasteiger partial charge is 0.416 e. The summed E-state index contributed by atoms with van der Waals surface area (Å²) in [4.78, 5) is 37.7. The summed E-state index contributed by atoms with van der Waals surface area (Å²) < 4.78 is 44.9. The second-order valence-corrected chi connectivity index (χ2v) is 7.04. The fraction of sp³-hybridized carbons (Fsp3) is 0.273. The molecule has 0 aliphatic carbocycles. The van der Waals surface area contributed by atoms with Crippen LogP contribution >= 0.6 is 0 Å². The van der Waals surface area contributed by atoms with Crippen LogP contribution in [0.15, 0.2) is 53.3 Å². The Balaban J connectivity index is 1.81. The number of halogens is 3. The minimum absolute atomic E-state index is 0.0900. The number of rotatable bonds is 6. The SMILES string of the molecule is CCCn1nc(C(=O)OC(C)C(=O)Nc2cccc(C(F)(F)F)c2)c2ccccc2c1=O. The van der Waals surface area contributed by atoms with Crippen LogP contribution in [-0.4, -0.2) is 27.8 Å². The molecule has 0 radical (unpaired) electrons. The Hall–Kier alpha value is -3.69. The molecule has 0 saturated heterocycles. The first-order chi connectivity index (χ1) is 15.1. The maximum atomic E-state index is 12.9. The average Bonchev–Trinajstić information content (AvgIpc) is 2.75. The van der Waals surface area contributed by atoms with Gasteiger partial charge in [-0.1, -0.05) is 31.2 Å². The zero-order valence-electron chi connectivity index (χ0n) is 17.3. The summed E-state index contributed by atoms with van der Waals surface area (Å²) in [6.07, 6.45) is -5.29. The number of amides is 1. The number of aromatic nitrogens is 2. The van der Waals surface area contributed by atoms with Crippen molar-refractivity contribution in [1.29, 1.82) is 0 Å². The quantitative estimate of drug-likeness (QED) is 0.577. The highest BCUT2D eigenvalue weighted by Crippen LogP contribution is 2.30. The number of anilines is 1. The lowest BCUT2D eigenvalue weighted by Gasteiger charge is -2.15. The molecule has 10 heteroatoms. The van der Waals surface area contributed by atoms with Crippen molar-refractivity contribution in [3.8, 4) is 0 Å². The second-order valence-electron chi connectivity index (χ2n) is 7.04. The Labute approximate surface area is 180 Å². The van der Waals surface area contributed by atoms with Crippen molar-refractivity contribution >= 4 is 28.3 Å². The summed E-state index contributed by atoms with van der Waals surface area (Å²) in [6.45, 7) is 3.42. The van der Waals surface area contributed by atoms with Crippen LogP contribution in [-0.2, 0) is 22.3 Å². The third kappa shape index (κ3) is 4.96. The molecule has 1 atom stereocenters. The number of carbonyl (C=O) groups is 2. The van der Waals surface area contributed by atoms with E-state index in [1.165, 1.54) is 13.0 Å². The first-order valence-electron chi connectivity index (χ1n) is 9.80. The average molecular weight is 447 g/mol. The Kier molecular flexibility index (Phi) is 6.61. The fourth-order valence-electron chi connectivity index (χ4n) is 3.04. The topological polar surface area (TPSA) is 90.3 Å². The predicted octanol–water partition coefficient (Wildman–Crippen LogP) is 4.01. The van der Waals surface area contributed by atoms with E-state index >= 15 is 0 Å². The van der Waals surface area contributed by atoms with Crippen LogP contribution in [0.4, 0.5) is 18.9 Å². The van der Waals surface area contributed by atoms with Gasteiger partial charge < -0.3 is 10.1 Å². The molecule has 32 heavy (non-hydrogen) atoms. The number of alkyl halides is 3. The van der Waals surface area contributed by atoms with Crippen LogP contribution in [0.25, 0.3) is 10.8 Å². The number of nitrogens with one attached hydrogen (secondary N) is 1. The van der Waals surface area contributed by atoms with Crippen molar-refractivity contribution in [2.24, 2.45) is 0 Å². The molecule has 2 aromatic carbocycles. The minimum atomic E-state index is -4.56. The number of benzene rings is 2. The zero-order valence-corrected chi connectivity index (χ0v) is 17.3. The third-order valence-corrected chi connectivity index (χ3v) is 4.61. The van der Waals surface area contributed by atoms with E-state index in [2.05, 4.69) is 10.4 Å². The van der Waals surface area contributed by atoms with Gasteiger partial charge in [0.1, 0.15) is 0 Å². The number of hydrogen-bond donors (Lipinski definition) is 1. The highest BCUT2D eigenvalue weighted by molar-refractivity contribution is 6.03. The summed E-state index contributed by atoms with van der Waals surface area (Å²) >= 11 is 0. The van der Waals surface area contributed by atoms with E-state index in [9.17, 15) is 27.6 Å². The molecule has 0 aliphatic heterocycles. The number of esters is 1. The molecule has 0 fully saturated rings. The van der Waals surface area contributed by atoms with Crippen molar-refractivity contribution in [1.82, 2.24) is 9.78 Å². The Morgan fingerprint density at radius 3 is 2.47 bits per heavy atom. The van der Waals surface area contributed by atoms with Gasteiger partial charge in [-0.05, 0) is 37.6 Å². The van der Waals surface area contributed by atoms with Gasteiger partial charge in [0.15, 0.2) is 11.8 Å². The Bertz CT molecular complexity index is 1220. The normalized spacial score (nSPS) is 12.4. The van der Waals surface area contributed by atoms with Gasteiger partial charge in [0, 0.05) is 17.6 Å². The molecule has 0 spiro atoms. The maximum absolute atomic E-state index is 12.9. The van der Waals surface area contributed by atoms with Crippen molar-refractivity contribution in [2.45, 2.75) is 39.1 Å². The van der Waals surface area contributed by atoms with Crippen LogP contribution in [0, 0.1) is 0 Å². The first-order valence-corrected chi connectivity index (χ1v) is 9.80. The zero-order chi connectivity index (χ0) is 23.5. The van der Waals surface area contributed by atoms with Crippen molar-refractivity contribution in [3.05, 3.63) is 70.1 Å². The number of fused-ring (bicyclic) bond motifs is 1. The van der Waals surface area contributed by atoms with Crippen molar-refractivity contribution < 1.29 is 27.5 Å². The third-order valence-electron chi connectivity index (χ3n) is 4.61. The Morgan fingerprint density at radius 1 is 1.12 bits per heavy atom. The molecule has 3 rings (SSSR count). The summed E-state index contributed by atoms with van der Waals surface area (Å²) in [7, 11) is 0. The summed E-state index contributed by atoms with van der Waals surface area (Å²) in [5.41, 5.74) is -1.50. The highest BCUT2D eigenvalue weighted by Gasteiger charge is 2.31. The monoisotopic (exact) mass is 447 g/mol. The molecule has 0 saturated carbocycles. The van der Waals surface area contributed by atoms with Gasteiger partial charge >= 0.3 is 12.1 Å². The Morgan fingerprint density at radius 2 is 1.81 bits per heavy atom. The molecular weight excluding hydrogens is 427 g/mol. The molecule has 1 aromatic heterocycles. The summed E-state index contributed by atoms with van der Waals surface area (Å²) in [5.74, 6) is -1.75. The number of hydrogen-bond acceptors (Lipinski definition) is 5. The van der Waals surface area contributed by atoms with Crippen LogP contribution < -0.4 is 10.9 Å². The van der Waals surface area contributed by atoms with Crippen LogP contribution in [0.2, 0.25) is 0 Å². The van der Waals surface area contributed by atoms with E-state index < -0.39 is 29.7 Å². The van der Waals surface area contributed by atoms with Crippen molar-refractivity contribution in [2.75, 3.05) is 5.32 Å². The maximum Gasteiger partial charge on any atom is 0.416 e. The summed E-state index contributed by atoms with van der Waals surface area (Å²) in [6, 6.07) is 10.5. The number of aryl methyl sites for hydroxylation is 1. The summed E-state index contributed by atoms with van der Waals surface area (Å²) in [5, 5.41) is 6.95. The highest BCUT2D eigenvalue weighted by atomic mass is 19.4. The number of ether oxygens (including phenoxy) is 1. The molecule has 3 aromatic rings. The van der Waals surface area contributed by atoms with E-state index in [4.69, 9.17) is 4.74 Å². The van der Waals surface area contributed by atoms with E-state index in [0.717, 1.165) is 22.9 Å². The molecule has 1 unspecified atom stereocenters. The standard InChI is InChI=1S/C22H20F3N3O4/c1-3-11-28-20(30)17-10-5-4-9-16(17)18(27-28)21(31)32-13(2)19(29)26-15-8-6-7-14(12-15)22(23,24)25/h4-10,12-13H,3,11H2,1-2H3,(H,26,29). The lowest BCUT2D eigenvalue weighted by molar-refractivity contribution is -0.137. The molecule has 7 nitrogen and oxygen atoms in total.